The summed E-state index contributed by atoms with van der Waals surface area (Å²) < 4.78 is 6.85. The molecule has 28 heavy (non-hydrogen) atoms. The molecule has 0 aliphatic carbocycles. The van der Waals surface area contributed by atoms with E-state index in [-0.39, 0.29) is 0 Å². The molecule has 0 saturated heterocycles. The van der Waals surface area contributed by atoms with Crippen LogP contribution in [-0.2, 0) is 0 Å². The second-order valence-corrected chi connectivity index (χ2v) is 6.45. The molecule has 5 aromatic rings. The van der Waals surface area contributed by atoms with E-state index in [0.29, 0.717) is 28.5 Å². The molecule has 2 heterocycles. The number of benzene rings is 3. The number of H-pyrrole nitrogens is 1. The maximum atomic E-state index is 12.7. The number of nitrogens with zero attached hydrogens (tertiary/aromatic N) is 3. The Kier molecular flexibility index (Phi) is 3.48. The van der Waals surface area contributed by atoms with Crippen LogP contribution in [0.2, 0.25) is 0 Å². The Morgan fingerprint density at radius 2 is 1.71 bits per heavy atom. The number of nitrogens with one attached hydrogen (secondary N) is 1. The average Bonchev–Trinajstić information content (AvgIpc) is 3.15. The highest BCUT2D eigenvalue weighted by Gasteiger charge is 2.13. The van der Waals surface area contributed by atoms with Crippen molar-refractivity contribution in [3.05, 3.63) is 87.3 Å². The maximum absolute atomic E-state index is 12.7. The topological polar surface area (TPSA) is 93.8 Å². The third-order valence-corrected chi connectivity index (χ3v) is 4.68. The van der Waals surface area contributed by atoms with E-state index in [1.165, 1.54) is 4.57 Å². The summed E-state index contributed by atoms with van der Waals surface area (Å²) in [5.41, 5.74) is 1.27. The zero-order chi connectivity index (χ0) is 19.3. The molecule has 0 aliphatic rings. The minimum Gasteiger partial charge on any atom is -0.421 e. The normalized spacial score (nSPS) is 11.3. The Labute approximate surface area is 157 Å². The monoisotopic (exact) mass is 370 g/mol. The number of aromatic amines is 1. The highest BCUT2D eigenvalue weighted by Crippen LogP contribution is 2.25. The molecular formula is C21H14N4O3. The van der Waals surface area contributed by atoms with Gasteiger partial charge in [0.25, 0.3) is 0 Å². The fourth-order valence-corrected chi connectivity index (χ4v) is 3.38. The number of rotatable bonds is 2. The minimum atomic E-state index is -0.666. The molecule has 2 aromatic heterocycles. The second-order valence-electron chi connectivity index (χ2n) is 6.45. The lowest BCUT2D eigenvalue weighted by Crippen LogP contribution is -2.35. The van der Waals surface area contributed by atoms with Crippen LogP contribution in [0.25, 0.3) is 38.9 Å². The summed E-state index contributed by atoms with van der Waals surface area (Å²) >= 11 is 0. The van der Waals surface area contributed by atoms with Gasteiger partial charge < -0.3 is 9.40 Å². The highest BCUT2D eigenvalue weighted by molar-refractivity contribution is 6.04. The van der Waals surface area contributed by atoms with Crippen LogP contribution >= 0.6 is 0 Å². The highest BCUT2D eigenvalue weighted by atomic mass is 16.4. The molecule has 5 rings (SSSR count). The van der Waals surface area contributed by atoms with Gasteiger partial charge in [-0.05, 0) is 35.7 Å². The molecule has 0 bridgehead atoms. The van der Waals surface area contributed by atoms with E-state index < -0.39 is 11.1 Å². The van der Waals surface area contributed by atoms with Gasteiger partial charge in [-0.2, -0.15) is 0 Å². The average molecular weight is 370 g/mol. The largest absolute Gasteiger partial charge is 0.421 e. The van der Waals surface area contributed by atoms with Crippen LogP contribution in [0.1, 0.15) is 5.89 Å². The van der Waals surface area contributed by atoms with Crippen LogP contribution in [-0.4, -0.2) is 19.7 Å². The van der Waals surface area contributed by atoms with Crippen LogP contribution in [0.15, 0.2) is 74.7 Å². The molecule has 136 valence electrons. The van der Waals surface area contributed by atoms with Crippen molar-refractivity contribution in [1.82, 2.24) is 19.7 Å². The van der Waals surface area contributed by atoms with Gasteiger partial charge in [0.15, 0.2) is 0 Å². The Morgan fingerprint density at radius 1 is 0.929 bits per heavy atom. The minimum absolute atomic E-state index is 0.401. The predicted molar refractivity (Wildman–Crippen MR) is 106 cm³/mol. The molecule has 1 N–H and O–H groups in total. The first-order valence-electron chi connectivity index (χ1n) is 8.69. The molecule has 3 aromatic carbocycles. The van der Waals surface area contributed by atoms with Crippen molar-refractivity contribution in [2.75, 3.05) is 0 Å². The van der Waals surface area contributed by atoms with E-state index in [4.69, 9.17) is 4.42 Å². The molecule has 7 nitrogen and oxygen atoms in total. The van der Waals surface area contributed by atoms with E-state index in [2.05, 4.69) is 15.2 Å². The molecule has 0 radical (unpaired) electrons. The van der Waals surface area contributed by atoms with Gasteiger partial charge in [-0.1, -0.05) is 30.3 Å². The summed E-state index contributed by atoms with van der Waals surface area (Å²) in [4.78, 5) is 27.7. The van der Waals surface area contributed by atoms with Gasteiger partial charge in [-0.25, -0.2) is 0 Å². The first-order valence-corrected chi connectivity index (χ1v) is 8.69. The third-order valence-electron chi connectivity index (χ3n) is 4.68. The molecule has 0 atom stereocenters. The van der Waals surface area contributed by atoms with E-state index in [9.17, 15) is 9.59 Å². The second kappa shape index (κ2) is 6.02. The lowest BCUT2D eigenvalue weighted by atomic mass is 10.1. The van der Waals surface area contributed by atoms with Crippen molar-refractivity contribution in [3.8, 4) is 17.1 Å². The number of aromatic nitrogens is 4. The van der Waals surface area contributed by atoms with Gasteiger partial charge in [-0.15, -0.1) is 10.2 Å². The van der Waals surface area contributed by atoms with Crippen molar-refractivity contribution in [3.63, 3.8) is 0 Å². The first kappa shape index (κ1) is 16.2. The quantitative estimate of drug-likeness (QED) is 0.380. The standard InChI is InChI=1S/C21H14N4O3/c1-12-23-24-20(28-12)14-6-9-15(10-7-14)25-17-11-8-13-4-2-3-5-16(13)18(17)22-19(26)21(25)27/h2-11H,1H3,(H,22,26). The van der Waals surface area contributed by atoms with E-state index in [0.717, 1.165) is 16.3 Å². The van der Waals surface area contributed by atoms with Crippen molar-refractivity contribution in [2.45, 2.75) is 6.92 Å². The molecule has 0 saturated carbocycles. The Hall–Kier alpha value is -4.00. The lowest BCUT2D eigenvalue weighted by Gasteiger charge is -2.11. The summed E-state index contributed by atoms with van der Waals surface area (Å²) in [5.74, 6) is 0.876. The van der Waals surface area contributed by atoms with Crippen molar-refractivity contribution >= 4 is 21.8 Å². The third kappa shape index (κ3) is 2.44. The Bertz CT molecular complexity index is 1460. The molecular weight excluding hydrogens is 356 g/mol. The smallest absolute Gasteiger partial charge is 0.321 e. The van der Waals surface area contributed by atoms with Gasteiger partial charge in [0.05, 0.1) is 11.0 Å². The van der Waals surface area contributed by atoms with Crippen molar-refractivity contribution < 1.29 is 4.42 Å². The van der Waals surface area contributed by atoms with Crippen molar-refractivity contribution in [1.29, 1.82) is 0 Å². The number of aryl methyl sites for hydroxylation is 1. The van der Waals surface area contributed by atoms with Gasteiger partial charge in [0.1, 0.15) is 0 Å². The Balaban J connectivity index is 1.76. The lowest BCUT2D eigenvalue weighted by molar-refractivity contribution is 0.533. The molecule has 0 spiro atoms. The van der Waals surface area contributed by atoms with Crippen LogP contribution in [0.4, 0.5) is 0 Å². The maximum Gasteiger partial charge on any atom is 0.321 e. The summed E-state index contributed by atoms with van der Waals surface area (Å²) in [7, 11) is 0. The fraction of sp³-hybridized carbons (Fsp3) is 0.0476. The van der Waals surface area contributed by atoms with Crippen LogP contribution in [0.3, 0.4) is 0 Å². The van der Waals surface area contributed by atoms with E-state index >= 15 is 0 Å². The van der Waals surface area contributed by atoms with Gasteiger partial charge >= 0.3 is 11.1 Å². The number of fused-ring (bicyclic) bond motifs is 3. The SMILES string of the molecule is Cc1nnc(-c2ccc(-n3c(=O)c(=O)[nH]c4c5ccccc5ccc43)cc2)o1. The van der Waals surface area contributed by atoms with Gasteiger partial charge in [-0.3, -0.25) is 14.2 Å². The molecule has 0 fully saturated rings. The molecule has 0 amide bonds. The summed E-state index contributed by atoms with van der Waals surface area (Å²) in [6.45, 7) is 1.72. The van der Waals surface area contributed by atoms with Crippen molar-refractivity contribution in [2.24, 2.45) is 0 Å². The molecule has 0 aliphatic heterocycles. The predicted octanol–water partition coefficient (Wildman–Crippen LogP) is 3.19. The molecule has 0 unspecified atom stereocenters. The van der Waals surface area contributed by atoms with E-state index in [1.807, 2.05) is 36.4 Å². The zero-order valence-electron chi connectivity index (χ0n) is 14.8. The van der Waals surface area contributed by atoms with Crippen LogP contribution in [0.5, 0.6) is 0 Å². The Morgan fingerprint density at radius 3 is 2.46 bits per heavy atom. The van der Waals surface area contributed by atoms with Gasteiger partial charge in [0.2, 0.25) is 11.8 Å². The summed E-state index contributed by atoms with van der Waals surface area (Å²) in [6, 6.07) is 18.6. The molecule has 7 heteroatoms. The summed E-state index contributed by atoms with van der Waals surface area (Å²) in [6.07, 6.45) is 0. The van der Waals surface area contributed by atoms with Crippen LogP contribution in [0, 0.1) is 6.92 Å². The van der Waals surface area contributed by atoms with Gasteiger partial charge in [0, 0.05) is 23.6 Å². The van der Waals surface area contributed by atoms with E-state index in [1.54, 1.807) is 31.2 Å². The fourth-order valence-electron chi connectivity index (χ4n) is 3.38. The first-order chi connectivity index (χ1) is 13.6. The summed E-state index contributed by atoms with van der Waals surface area (Å²) in [5, 5.41) is 9.68. The number of hydrogen-bond donors (Lipinski definition) is 1. The number of hydrogen-bond acceptors (Lipinski definition) is 5. The zero-order valence-corrected chi connectivity index (χ0v) is 14.8. The van der Waals surface area contributed by atoms with Crippen LogP contribution < -0.4 is 11.1 Å².